The molecule has 1 amide bonds. The first-order chi connectivity index (χ1) is 10.1. The maximum atomic E-state index is 10.9. The first-order valence-electron chi connectivity index (χ1n) is 6.78. The molecule has 1 aliphatic rings. The third-order valence-electron chi connectivity index (χ3n) is 3.75. The standard InChI is InChI=1S/C14H15BrN4O2/c15-12-9-19(11-3-7-18(8-4-11)14(20)21)17-13(12)10-1-5-16-6-2-10/h1-2,5-6,9,11H,3-4,7-8H2,(H,20,21). The molecular weight excluding hydrogens is 336 g/mol. The van der Waals surface area contributed by atoms with Crippen molar-refractivity contribution in [1.82, 2.24) is 19.7 Å². The molecule has 0 aliphatic carbocycles. The van der Waals surface area contributed by atoms with Crippen molar-refractivity contribution in [3.8, 4) is 11.3 Å². The van der Waals surface area contributed by atoms with Crippen molar-refractivity contribution >= 4 is 22.0 Å². The van der Waals surface area contributed by atoms with Crippen LogP contribution in [0.5, 0.6) is 0 Å². The van der Waals surface area contributed by atoms with Gasteiger partial charge in [-0.05, 0) is 40.9 Å². The Hall–Kier alpha value is -1.89. The van der Waals surface area contributed by atoms with Gasteiger partial charge in [0.2, 0.25) is 0 Å². The minimum Gasteiger partial charge on any atom is -0.465 e. The summed E-state index contributed by atoms with van der Waals surface area (Å²) in [6.07, 6.45) is 6.19. The van der Waals surface area contributed by atoms with Crippen LogP contribution in [0.15, 0.2) is 35.2 Å². The third kappa shape index (κ3) is 2.92. The summed E-state index contributed by atoms with van der Waals surface area (Å²) in [6, 6.07) is 4.09. The van der Waals surface area contributed by atoms with Gasteiger partial charge in [0.25, 0.3) is 0 Å². The quantitative estimate of drug-likeness (QED) is 0.903. The van der Waals surface area contributed by atoms with Crippen molar-refractivity contribution in [2.24, 2.45) is 0 Å². The summed E-state index contributed by atoms with van der Waals surface area (Å²) in [7, 11) is 0. The molecular formula is C14H15BrN4O2. The number of nitrogens with zero attached hydrogens (tertiary/aromatic N) is 4. The van der Waals surface area contributed by atoms with E-state index in [0.717, 1.165) is 28.6 Å². The lowest BCUT2D eigenvalue weighted by molar-refractivity contribution is 0.124. The molecule has 0 unspecified atom stereocenters. The molecule has 2 aromatic heterocycles. The number of likely N-dealkylation sites (tertiary alicyclic amines) is 1. The predicted molar refractivity (Wildman–Crippen MR) is 81.0 cm³/mol. The highest BCUT2D eigenvalue weighted by molar-refractivity contribution is 9.10. The van der Waals surface area contributed by atoms with Gasteiger partial charge in [0.05, 0.1) is 10.5 Å². The Bertz CT molecular complexity index is 636. The van der Waals surface area contributed by atoms with E-state index in [1.807, 2.05) is 23.0 Å². The minimum absolute atomic E-state index is 0.243. The molecule has 3 heterocycles. The van der Waals surface area contributed by atoms with Gasteiger partial charge in [-0.2, -0.15) is 5.10 Å². The van der Waals surface area contributed by atoms with Crippen LogP contribution < -0.4 is 0 Å². The number of aromatic nitrogens is 3. The third-order valence-corrected chi connectivity index (χ3v) is 4.33. The summed E-state index contributed by atoms with van der Waals surface area (Å²) in [5, 5.41) is 13.6. The van der Waals surface area contributed by atoms with Crippen molar-refractivity contribution in [2.75, 3.05) is 13.1 Å². The van der Waals surface area contributed by atoms with Crippen LogP contribution in [0.3, 0.4) is 0 Å². The second-order valence-corrected chi connectivity index (χ2v) is 5.90. The first kappa shape index (κ1) is 14.1. The Kier molecular flexibility index (Phi) is 3.92. The summed E-state index contributed by atoms with van der Waals surface area (Å²) in [5.74, 6) is 0. The van der Waals surface area contributed by atoms with Crippen LogP contribution in [0.1, 0.15) is 18.9 Å². The summed E-state index contributed by atoms with van der Waals surface area (Å²) in [6.45, 7) is 1.12. The normalized spacial score (nSPS) is 16.1. The average molecular weight is 351 g/mol. The summed E-state index contributed by atoms with van der Waals surface area (Å²) < 4.78 is 2.88. The highest BCUT2D eigenvalue weighted by Gasteiger charge is 2.24. The molecule has 21 heavy (non-hydrogen) atoms. The van der Waals surface area contributed by atoms with Crippen LogP contribution in [0.4, 0.5) is 4.79 Å². The van der Waals surface area contributed by atoms with E-state index in [0.29, 0.717) is 13.1 Å². The van der Waals surface area contributed by atoms with E-state index >= 15 is 0 Å². The van der Waals surface area contributed by atoms with Gasteiger partial charge in [-0.15, -0.1) is 0 Å². The summed E-state index contributed by atoms with van der Waals surface area (Å²) in [4.78, 5) is 16.4. The number of hydrogen-bond donors (Lipinski definition) is 1. The lowest BCUT2D eigenvalue weighted by Crippen LogP contribution is -2.38. The number of carboxylic acid groups (broad SMARTS) is 1. The molecule has 1 saturated heterocycles. The first-order valence-corrected chi connectivity index (χ1v) is 7.57. The number of halogens is 1. The van der Waals surface area contributed by atoms with E-state index < -0.39 is 6.09 Å². The Balaban J connectivity index is 1.78. The SMILES string of the molecule is O=C(O)N1CCC(n2cc(Br)c(-c3ccncc3)n2)CC1. The molecule has 1 aliphatic heterocycles. The van der Waals surface area contributed by atoms with Gasteiger partial charge >= 0.3 is 6.09 Å². The number of hydrogen-bond acceptors (Lipinski definition) is 3. The largest absolute Gasteiger partial charge is 0.465 e. The highest BCUT2D eigenvalue weighted by atomic mass is 79.9. The van der Waals surface area contributed by atoms with Gasteiger partial charge in [0, 0.05) is 37.2 Å². The maximum Gasteiger partial charge on any atom is 0.407 e. The molecule has 2 aromatic rings. The van der Waals surface area contributed by atoms with E-state index in [2.05, 4.69) is 26.0 Å². The molecule has 3 rings (SSSR count). The van der Waals surface area contributed by atoms with Gasteiger partial charge in [0.1, 0.15) is 5.69 Å². The molecule has 1 N–H and O–H groups in total. The number of carbonyl (C=O) groups is 1. The molecule has 0 bridgehead atoms. The molecule has 1 fully saturated rings. The molecule has 0 atom stereocenters. The zero-order chi connectivity index (χ0) is 14.8. The fourth-order valence-electron chi connectivity index (χ4n) is 2.58. The van der Waals surface area contributed by atoms with Crippen molar-refractivity contribution < 1.29 is 9.90 Å². The van der Waals surface area contributed by atoms with E-state index in [-0.39, 0.29) is 6.04 Å². The number of amides is 1. The maximum absolute atomic E-state index is 10.9. The fraction of sp³-hybridized carbons (Fsp3) is 0.357. The van der Waals surface area contributed by atoms with Gasteiger partial charge < -0.3 is 10.0 Å². The van der Waals surface area contributed by atoms with Crippen molar-refractivity contribution in [2.45, 2.75) is 18.9 Å². The van der Waals surface area contributed by atoms with E-state index in [1.165, 1.54) is 4.90 Å². The second-order valence-electron chi connectivity index (χ2n) is 5.04. The van der Waals surface area contributed by atoms with Crippen LogP contribution in [0.25, 0.3) is 11.3 Å². The monoisotopic (exact) mass is 350 g/mol. The Morgan fingerprint density at radius 2 is 1.95 bits per heavy atom. The van der Waals surface area contributed by atoms with Crippen molar-refractivity contribution in [3.63, 3.8) is 0 Å². The lowest BCUT2D eigenvalue weighted by Gasteiger charge is -2.30. The number of piperidine rings is 1. The molecule has 6 nitrogen and oxygen atoms in total. The van der Waals surface area contributed by atoms with Crippen molar-refractivity contribution in [1.29, 1.82) is 0 Å². The van der Waals surface area contributed by atoms with Crippen LogP contribution in [0, 0.1) is 0 Å². The zero-order valence-electron chi connectivity index (χ0n) is 11.3. The Labute approximate surface area is 130 Å². The smallest absolute Gasteiger partial charge is 0.407 e. The molecule has 0 spiro atoms. The number of rotatable bonds is 2. The van der Waals surface area contributed by atoms with Crippen LogP contribution in [-0.4, -0.2) is 44.0 Å². The Morgan fingerprint density at radius 1 is 1.29 bits per heavy atom. The van der Waals surface area contributed by atoms with Crippen LogP contribution in [0.2, 0.25) is 0 Å². The molecule has 110 valence electrons. The van der Waals surface area contributed by atoms with Crippen LogP contribution >= 0.6 is 15.9 Å². The zero-order valence-corrected chi connectivity index (χ0v) is 12.9. The fourth-order valence-corrected chi connectivity index (χ4v) is 3.10. The average Bonchev–Trinajstić information content (AvgIpc) is 2.90. The van der Waals surface area contributed by atoms with E-state index in [1.54, 1.807) is 12.4 Å². The molecule has 0 radical (unpaired) electrons. The van der Waals surface area contributed by atoms with E-state index in [4.69, 9.17) is 5.11 Å². The summed E-state index contributed by atoms with van der Waals surface area (Å²) >= 11 is 3.55. The molecule has 0 saturated carbocycles. The summed E-state index contributed by atoms with van der Waals surface area (Å²) in [5.41, 5.74) is 1.90. The van der Waals surface area contributed by atoms with Gasteiger partial charge in [-0.1, -0.05) is 0 Å². The van der Waals surface area contributed by atoms with Crippen LogP contribution in [-0.2, 0) is 0 Å². The van der Waals surface area contributed by atoms with Gasteiger partial charge in [0.15, 0.2) is 0 Å². The highest BCUT2D eigenvalue weighted by Crippen LogP contribution is 2.30. The molecule has 7 heteroatoms. The Morgan fingerprint density at radius 3 is 2.57 bits per heavy atom. The predicted octanol–water partition coefficient (Wildman–Crippen LogP) is 3.02. The number of pyridine rings is 1. The second kappa shape index (κ2) is 5.85. The topological polar surface area (TPSA) is 71.2 Å². The lowest BCUT2D eigenvalue weighted by atomic mass is 10.1. The van der Waals surface area contributed by atoms with Crippen molar-refractivity contribution in [3.05, 3.63) is 35.2 Å². The van der Waals surface area contributed by atoms with Gasteiger partial charge in [-0.25, -0.2) is 4.79 Å². The minimum atomic E-state index is -0.840. The van der Waals surface area contributed by atoms with E-state index in [9.17, 15) is 4.79 Å². The van der Waals surface area contributed by atoms with Gasteiger partial charge in [-0.3, -0.25) is 9.67 Å². The molecule has 0 aromatic carbocycles.